The molecule has 5 fully saturated rings. The van der Waals surface area contributed by atoms with Gasteiger partial charge in [0.25, 0.3) is 0 Å². The van der Waals surface area contributed by atoms with Crippen molar-refractivity contribution in [3.63, 3.8) is 0 Å². The second-order valence-electron chi connectivity index (χ2n) is 20.4. The first-order valence-electron chi connectivity index (χ1n) is 20.7. The number of hydrogen-bond acceptors (Lipinski definition) is 13. The number of aliphatic hydroxyl groups excluding tert-OH is 10. The SMILES string of the molecule is CC1(C)CC[C@]2(CO)C(=C3C=C[C@H]4[C@]5(C)CC[C@@H](O[C@H]6O[C@@H](O)[C@@H](O)[C@@H](O[C@H]7C[C@@H](CO)[C@H](O)[C@@H](O)[C@@H]7O)[C@@H]6O)[C@](C)(CO)[C@@H]5CC[C@]4(C)[C@@]3(C)C[C@H]2O)C1. The van der Waals surface area contributed by atoms with Crippen molar-refractivity contribution < 1.29 is 65.3 Å². The van der Waals surface area contributed by atoms with E-state index in [2.05, 4.69) is 46.8 Å². The van der Waals surface area contributed by atoms with Crippen LogP contribution in [0.4, 0.5) is 0 Å². The summed E-state index contributed by atoms with van der Waals surface area (Å²) in [6.07, 6.45) is -4.72. The molecule has 0 unspecified atom stereocenters. The van der Waals surface area contributed by atoms with Crippen LogP contribution in [-0.2, 0) is 14.2 Å². The van der Waals surface area contributed by atoms with Crippen LogP contribution in [0.15, 0.2) is 23.3 Å². The number of aliphatic hydroxyl groups is 10. The monoisotopic (exact) mass is 780 g/mol. The molecule has 6 aliphatic carbocycles. The lowest BCUT2D eigenvalue weighted by Gasteiger charge is -2.70. The molecule has 19 atom stereocenters. The molecule has 1 saturated heterocycles. The van der Waals surface area contributed by atoms with E-state index in [1.54, 1.807) is 0 Å². The minimum Gasteiger partial charge on any atom is -0.396 e. The van der Waals surface area contributed by atoms with E-state index in [9.17, 15) is 51.1 Å². The third kappa shape index (κ3) is 6.12. The Hall–Kier alpha value is -1.04. The molecule has 1 heterocycles. The fraction of sp³-hybridized carbons (Fsp3) is 0.905. The first kappa shape index (κ1) is 42.1. The summed E-state index contributed by atoms with van der Waals surface area (Å²) in [5.41, 5.74) is 0.300. The predicted octanol–water partition coefficient (Wildman–Crippen LogP) is 1.27. The van der Waals surface area contributed by atoms with E-state index in [0.717, 1.165) is 38.5 Å². The van der Waals surface area contributed by atoms with Gasteiger partial charge >= 0.3 is 0 Å². The lowest BCUT2D eigenvalue weighted by molar-refractivity contribution is -0.372. The maximum Gasteiger partial charge on any atom is 0.189 e. The minimum atomic E-state index is -1.82. The first-order chi connectivity index (χ1) is 25.7. The van der Waals surface area contributed by atoms with Gasteiger partial charge in [0.15, 0.2) is 12.6 Å². The maximum atomic E-state index is 12.0. The molecule has 0 bridgehead atoms. The molecule has 7 rings (SSSR count). The molecule has 13 heteroatoms. The van der Waals surface area contributed by atoms with Crippen molar-refractivity contribution in [2.75, 3.05) is 19.8 Å². The Bertz CT molecular complexity index is 1500. The Morgan fingerprint density at radius 1 is 0.764 bits per heavy atom. The molecular weight excluding hydrogens is 712 g/mol. The van der Waals surface area contributed by atoms with E-state index in [1.807, 2.05) is 6.92 Å². The highest BCUT2D eigenvalue weighted by Gasteiger charge is 2.69. The fourth-order valence-electron chi connectivity index (χ4n) is 13.3. The zero-order chi connectivity index (χ0) is 40.3. The number of ether oxygens (including phenoxy) is 3. The van der Waals surface area contributed by atoms with Crippen LogP contribution >= 0.6 is 0 Å². The van der Waals surface area contributed by atoms with Gasteiger partial charge in [-0.15, -0.1) is 0 Å². The van der Waals surface area contributed by atoms with Crippen molar-refractivity contribution in [1.29, 1.82) is 0 Å². The molecular formula is C42H68O13. The Kier molecular flexibility index (Phi) is 11.0. The van der Waals surface area contributed by atoms with Crippen molar-refractivity contribution in [2.45, 2.75) is 167 Å². The van der Waals surface area contributed by atoms with Crippen LogP contribution in [0.3, 0.4) is 0 Å². The van der Waals surface area contributed by atoms with Crippen LogP contribution in [0.1, 0.15) is 99.3 Å². The largest absolute Gasteiger partial charge is 0.396 e. The van der Waals surface area contributed by atoms with Gasteiger partial charge in [-0.3, -0.25) is 0 Å². The molecule has 4 saturated carbocycles. The average molecular weight is 781 g/mol. The molecule has 10 N–H and O–H groups in total. The van der Waals surface area contributed by atoms with Gasteiger partial charge in [-0.05, 0) is 91.4 Å². The molecule has 0 aromatic carbocycles. The van der Waals surface area contributed by atoms with E-state index < -0.39 is 90.9 Å². The highest BCUT2D eigenvalue weighted by atomic mass is 16.8. The topological polar surface area (TPSA) is 230 Å². The number of fused-ring (bicyclic) bond motifs is 6. The zero-order valence-electron chi connectivity index (χ0n) is 33.4. The van der Waals surface area contributed by atoms with E-state index in [1.165, 1.54) is 11.1 Å². The molecule has 0 aromatic rings. The first-order valence-corrected chi connectivity index (χ1v) is 20.7. The smallest absolute Gasteiger partial charge is 0.189 e. The molecule has 13 nitrogen and oxygen atoms in total. The second-order valence-corrected chi connectivity index (χ2v) is 20.4. The Balaban J connectivity index is 1.15. The molecule has 314 valence electrons. The van der Waals surface area contributed by atoms with Gasteiger partial charge in [0.2, 0.25) is 0 Å². The Morgan fingerprint density at radius 2 is 1.47 bits per heavy atom. The van der Waals surface area contributed by atoms with E-state index in [4.69, 9.17) is 14.2 Å². The van der Waals surface area contributed by atoms with Crippen molar-refractivity contribution >= 4 is 0 Å². The van der Waals surface area contributed by atoms with E-state index in [-0.39, 0.29) is 53.1 Å². The van der Waals surface area contributed by atoms with Crippen molar-refractivity contribution in [3.8, 4) is 0 Å². The summed E-state index contributed by atoms with van der Waals surface area (Å²) in [5.74, 6) is -0.739. The van der Waals surface area contributed by atoms with E-state index >= 15 is 0 Å². The fourth-order valence-corrected chi connectivity index (χ4v) is 13.3. The van der Waals surface area contributed by atoms with Gasteiger partial charge in [0.05, 0.1) is 37.6 Å². The van der Waals surface area contributed by atoms with Crippen molar-refractivity contribution in [3.05, 3.63) is 23.3 Å². The molecule has 0 amide bonds. The number of rotatable bonds is 7. The normalized spacial score (nSPS) is 54.9. The van der Waals surface area contributed by atoms with Gasteiger partial charge in [0.1, 0.15) is 30.5 Å². The lowest BCUT2D eigenvalue weighted by Crippen LogP contribution is -2.67. The summed E-state index contributed by atoms with van der Waals surface area (Å²) in [5, 5.41) is 108. The molecule has 0 radical (unpaired) electrons. The second kappa shape index (κ2) is 14.3. The standard InChI is InChI=1S/C42H68O13/c1-37(2)13-14-42(20-45)23(16-37)22-7-8-26-38(3)11-10-28(39(4,19-44)25(38)9-12-40(26,5)41(22,6)17-27(42)46)54-36-33(51)34(32(50)35(52)55-36)53-24-15-21(18-43)29(47)31(49)30(24)48/h7-8,21,24-36,43-52H,9-20H2,1-6H3/t21-,24-,25+,26-,27+,28+,29-,30+,31+,32-,33-,34+,35+,36-,38+,39+,40-,41-,42-/m0/s1. The van der Waals surface area contributed by atoms with Crippen LogP contribution in [0, 0.1) is 50.2 Å². The van der Waals surface area contributed by atoms with E-state index in [0.29, 0.717) is 12.8 Å². The van der Waals surface area contributed by atoms with Gasteiger partial charge in [-0.2, -0.15) is 0 Å². The van der Waals surface area contributed by atoms with Gasteiger partial charge < -0.3 is 65.3 Å². The summed E-state index contributed by atoms with van der Waals surface area (Å²) in [6.45, 7) is 12.8. The van der Waals surface area contributed by atoms with Crippen LogP contribution in [0.5, 0.6) is 0 Å². The minimum absolute atomic E-state index is 0.0213. The Labute approximate surface area is 325 Å². The van der Waals surface area contributed by atoms with Crippen molar-refractivity contribution in [2.24, 2.45) is 50.2 Å². The number of hydrogen-bond donors (Lipinski definition) is 10. The van der Waals surface area contributed by atoms with Crippen LogP contribution in [-0.4, -0.2) is 138 Å². The van der Waals surface area contributed by atoms with Gasteiger partial charge in [-0.1, -0.05) is 59.3 Å². The van der Waals surface area contributed by atoms with Crippen LogP contribution < -0.4 is 0 Å². The van der Waals surface area contributed by atoms with Crippen LogP contribution in [0.25, 0.3) is 0 Å². The zero-order valence-corrected chi connectivity index (χ0v) is 33.4. The van der Waals surface area contributed by atoms with Gasteiger partial charge in [0, 0.05) is 28.8 Å². The summed E-state index contributed by atoms with van der Waals surface area (Å²) < 4.78 is 18.1. The summed E-state index contributed by atoms with van der Waals surface area (Å²) in [6, 6.07) is 0. The summed E-state index contributed by atoms with van der Waals surface area (Å²) in [7, 11) is 0. The molecule has 0 spiro atoms. The summed E-state index contributed by atoms with van der Waals surface area (Å²) in [4.78, 5) is 0. The predicted molar refractivity (Wildman–Crippen MR) is 199 cm³/mol. The molecule has 7 aliphatic rings. The Morgan fingerprint density at radius 3 is 2.13 bits per heavy atom. The highest BCUT2D eigenvalue weighted by Crippen LogP contribution is 2.74. The molecule has 0 aromatic heterocycles. The average Bonchev–Trinajstić information content (AvgIpc) is 3.13. The molecule has 1 aliphatic heterocycles. The quantitative estimate of drug-likeness (QED) is 0.165. The van der Waals surface area contributed by atoms with Gasteiger partial charge in [-0.25, -0.2) is 0 Å². The van der Waals surface area contributed by atoms with Crippen molar-refractivity contribution in [1.82, 2.24) is 0 Å². The summed E-state index contributed by atoms with van der Waals surface area (Å²) >= 11 is 0. The highest BCUT2D eigenvalue weighted by molar-refractivity contribution is 5.47. The third-order valence-corrected chi connectivity index (χ3v) is 17.1. The lowest BCUT2D eigenvalue weighted by atomic mass is 9.35. The number of allylic oxidation sites excluding steroid dienone is 3. The maximum absolute atomic E-state index is 12.0. The third-order valence-electron chi connectivity index (χ3n) is 17.1. The molecule has 55 heavy (non-hydrogen) atoms. The van der Waals surface area contributed by atoms with Crippen LogP contribution in [0.2, 0.25) is 0 Å².